The highest BCUT2D eigenvalue weighted by Gasteiger charge is 1.94. The van der Waals surface area contributed by atoms with Gasteiger partial charge in [0.1, 0.15) is 0 Å². The zero-order valence-corrected chi connectivity index (χ0v) is 21.2. The van der Waals surface area contributed by atoms with Crippen LogP contribution < -0.4 is 0 Å². The molecule has 0 N–H and O–H groups in total. The molecule has 0 radical (unpaired) electrons. The Bertz CT molecular complexity index is 374. The number of unbranched alkanes of at least 4 members (excludes halogenated alkanes) is 10. The van der Waals surface area contributed by atoms with Crippen LogP contribution in [0.1, 0.15) is 77.0 Å². The van der Waals surface area contributed by atoms with Gasteiger partial charge in [-0.25, -0.2) is 0 Å². The molecule has 0 spiro atoms. The molecule has 0 aliphatic heterocycles. The molecule has 1 aromatic rings. The van der Waals surface area contributed by atoms with Crippen molar-refractivity contribution in [1.82, 2.24) is 0 Å². The molecule has 0 unspecified atom stereocenters. The number of rotatable bonds is 16. The highest BCUT2D eigenvalue weighted by Crippen LogP contribution is 2.15. The summed E-state index contributed by atoms with van der Waals surface area (Å²) in [4.78, 5) is 1.85. The largest absolute Gasteiger partial charge is 0.179 e. The predicted octanol–water partition coefficient (Wildman–Crippen LogP) is 8.52. The van der Waals surface area contributed by atoms with Gasteiger partial charge in [0.2, 0.25) is 0 Å². The van der Waals surface area contributed by atoms with Crippen LogP contribution in [-0.2, 0) is 0 Å². The van der Waals surface area contributed by atoms with Crippen molar-refractivity contribution in [2.24, 2.45) is 0 Å². The summed E-state index contributed by atoms with van der Waals surface area (Å²) in [7, 11) is 0. The Labute approximate surface area is 195 Å². The Morgan fingerprint density at radius 2 is 0.852 bits per heavy atom. The van der Waals surface area contributed by atoms with Crippen molar-refractivity contribution >= 4 is 62.3 Å². The second-order valence-corrected chi connectivity index (χ2v) is 9.87. The fourth-order valence-electron chi connectivity index (χ4n) is 2.61. The zero-order valence-electron chi connectivity index (χ0n) is 16.8. The minimum Gasteiger partial charge on any atom is -0.179 e. The highest BCUT2D eigenvalue weighted by atomic mass is 32.2. The summed E-state index contributed by atoms with van der Waals surface area (Å²) in [6, 6.07) is 7.68. The van der Waals surface area contributed by atoms with Gasteiger partial charge in [-0.15, -0.1) is 25.3 Å². The topological polar surface area (TPSA) is 0 Å². The molecule has 27 heavy (non-hydrogen) atoms. The minimum atomic E-state index is 0.927. The number of thiol groups is 4. The van der Waals surface area contributed by atoms with Gasteiger partial charge < -0.3 is 0 Å². The van der Waals surface area contributed by atoms with E-state index in [0.29, 0.717) is 0 Å². The molecule has 0 fully saturated rings. The highest BCUT2D eigenvalue weighted by molar-refractivity contribution is 7.99. The number of benzene rings is 1. The van der Waals surface area contributed by atoms with Crippen LogP contribution in [0.4, 0.5) is 0 Å². The van der Waals surface area contributed by atoms with Crippen molar-refractivity contribution in [2.75, 3.05) is 23.0 Å². The van der Waals surface area contributed by atoms with Gasteiger partial charge in [0, 0.05) is 9.79 Å². The lowest BCUT2D eigenvalue weighted by Crippen LogP contribution is -1.87. The smallest absolute Gasteiger partial charge is 0.0174 e. The molecule has 0 aromatic heterocycles. The first kappa shape index (κ1) is 28.0. The quantitative estimate of drug-likeness (QED) is 0.140. The first-order valence-electron chi connectivity index (χ1n) is 10.5. The molecule has 5 heteroatoms. The summed E-state index contributed by atoms with van der Waals surface area (Å²) in [5.41, 5.74) is 0. The van der Waals surface area contributed by atoms with Gasteiger partial charge in [0.25, 0.3) is 0 Å². The molecule has 1 aromatic carbocycles. The Kier molecular flexibility index (Phi) is 24.1. The molecule has 0 saturated heterocycles. The molecule has 0 amide bonds. The molecule has 158 valence electrons. The molecule has 0 aliphatic carbocycles. The Morgan fingerprint density at radius 3 is 1.19 bits per heavy atom. The maximum atomic E-state index is 4.24. The van der Waals surface area contributed by atoms with Gasteiger partial charge in [-0.1, -0.05) is 63.5 Å². The van der Waals surface area contributed by atoms with E-state index in [1.807, 2.05) is 24.3 Å². The summed E-state index contributed by atoms with van der Waals surface area (Å²) in [6.07, 6.45) is 16.8. The van der Waals surface area contributed by atoms with Crippen molar-refractivity contribution in [3.8, 4) is 0 Å². The predicted molar refractivity (Wildman–Crippen MR) is 141 cm³/mol. The molecule has 0 aliphatic rings. The molecule has 1 rings (SSSR count). The van der Waals surface area contributed by atoms with Crippen LogP contribution in [0.3, 0.4) is 0 Å². The Morgan fingerprint density at radius 1 is 0.519 bits per heavy atom. The first-order valence-corrected chi connectivity index (χ1v) is 13.8. The van der Waals surface area contributed by atoms with Crippen LogP contribution in [0.2, 0.25) is 0 Å². The van der Waals surface area contributed by atoms with E-state index >= 15 is 0 Å². The molecule has 0 bridgehead atoms. The maximum absolute atomic E-state index is 4.24. The van der Waals surface area contributed by atoms with Crippen LogP contribution in [-0.4, -0.2) is 23.0 Å². The molecule has 0 saturated carbocycles. The fraction of sp³-hybridized carbons (Fsp3) is 0.727. The fourth-order valence-corrected chi connectivity index (χ4v) is 4.40. The third-order valence-corrected chi connectivity index (χ3v) is 7.02. The van der Waals surface area contributed by atoms with Crippen LogP contribution in [0.15, 0.2) is 34.1 Å². The van der Waals surface area contributed by atoms with Gasteiger partial charge in [-0.05, 0) is 60.8 Å². The number of hydrogen-bond acceptors (Lipinski definition) is 5. The van der Waals surface area contributed by atoms with E-state index in [9.17, 15) is 0 Å². The molecular formula is C22H40S5. The number of thioether (sulfide) groups is 1. The standard InChI is InChI=1S/C16H34S3.C6H6S2/c17-13-9-5-1-3-7-11-15-19-16-12-8-4-2-6-10-14-18;7-5-3-1-2-4-6(5)8/h17-18H,1-16H2;1-4,7-8H. The van der Waals surface area contributed by atoms with Crippen LogP contribution in [0, 0.1) is 0 Å². The minimum absolute atomic E-state index is 0.927. The molecular weight excluding hydrogens is 425 g/mol. The lowest BCUT2D eigenvalue weighted by molar-refractivity contribution is 0.626. The average Bonchev–Trinajstić information content (AvgIpc) is 2.68. The van der Waals surface area contributed by atoms with Crippen molar-refractivity contribution in [3.05, 3.63) is 24.3 Å². The molecule has 0 nitrogen and oxygen atoms in total. The summed E-state index contributed by atoms with van der Waals surface area (Å²) in [5, 5.41) is 0. The van der Waals surface area contributed by atoms with E-state index in [1.165, 1.54) is 88.6 Å². The third kappa shape index (κ3) is 21.5. The van der Waals surface area contributed by atoms with Gasteiger partial charge >= 0.3 is 0 Å². The average molecular weight is 465 g/mol. The third-order valence-electron chi connectivity index (χ3n) is 4.28. The maximum Gasteiger partial charge on any atom is 0.0174 e. The Hall–Kier alpha value is 0.970. The van der Waals surface area contributed by atoms with Gasteiger partial charge in [-0.2, -0.15) is 37.0 Å². The normalized spacial score (nSPS) is 10.5. The lowest BCUT2D eigenvalue weighted by atomic mass is 10.1. The SMILES string of the molecule is SCCCCCCCCSCCCCCCCCS.Sc1ccccc1S. The zero-order chi connectivity index (χ0) is 20.0. The summed E-state index contributed by atoms with van der Waals surface area (Å²) in [5.74, 6) is 4.88. The monoisotopic (exact) mass is 464 g/mol. The van der Waals surface area contributed by atoms with E-state index < -0.39 is 0 Å². The lowest BCUT2D eigenvalue weighted by Gasteiger charge is -2.03. The second-order valence-electron chi connectivity index (χ2n) is 6.79. The second kappa shape index (κ2) is 23.3. The van der Waals surface area contributed by atoms with E-state index in [-0.39, 0.29) is 0 Å². The van der Waals surface area contributed by atoms with Gasteiger partial charge in [0.05, 0.1) is 0 Å². The summed E-state index contributed by atoms with van der Waals surface area (Å²) < 4.78 is 0. The summed E-state index contributed by atoms with van der Waals surface area (Å²) >= 11 is 18.9. The number of hydrogen-bond donors (Lipinski definition) is 4. The van der Waals surface area contributed by atoms with E-state index in [4.69, 9.17) is 0 Å². The van der Waals surface area contributed by atoms with Crippen molar-refractivity contribution in [3.63, 3.8) is 0 Å². The Balaban J connectivity index is 0.000000694. The van der Waals surface area contributed by atoms with Gasteiger partial charge in [0.15, 0.2) is 0 Å². The van der Waals surface area contributed by atoms with Crippen LogP contribution in [0.5, 0.6) is 0 Å². The van der Waals surface area contributed by atoms with Gasteiger partial charge in [-0.3, -0.25) is 0 Å². The van der Waals surface area contributed by atoms with Crippen LogP contribution >= 0.6 is 62.3 Å². The van der Waals surface area contributed by atoms with Crippen molar-refractivity contribution < 1.29 is 0 Å². The van der Waals surface area contributed by atoms with Crippen molar-refractivity contribution in [2.45, 2.75) is 86.8 Å². The first-order chi connectivity index (χ1) is 13.2. The van der Waals surface area contributed by atoms with E-state index in [2.05, 4.69) is 62.3 Å². The molecule has 0 atom stereocenters. The van der Waals surface area contributed by atoms with E-state index in [1.54, 1.807) is 0 Å². The van der Waals surface area contributed by atoms with E-state index in [0.717, 1.165) is 21.3 Å². The summed E-state index contributed by atoms with van der Waals surface area (Å²) in [6.45, 7) is 0. The van der Waals surface area contributed by atoms with Crippen molar-refractivity contribution in [1.29, 1.82) is 0 Å². The van der Waals surface area contributed by atoms with Crippen LogP contribution in [0.25, 0.3) is 0 Å². The molecule has 0 heterocycles.